The second-order valence-electron chi connectivity index (χ2n) is 5.35. The number of hydrogen-bond acceptors (Lipinski definition) is 6. The van der Waals surface area contributed by atoms with E-state index in [1.165, 1.54) is 22.9 Å². The van der Waals surface area contributed by atoms with Crippen LogP contribution in [0, 0.1) is 0 Å². The summed E-state index contributed by atoms with van der Waals surface area (Å²) in [5.74, 6) is 0.885. The van der Waals surface area contributed by atoms with Crippen LogP contribution in [0.5, 0.6) is 0 Å². The van der Waals surface area contributed by atoms with Crippen LogP contribution in [0.2, 0.25) is 0 Å². The van der Waals surface area contributed by atoms with Gasteiger partial charge in [-0.3, -0.25) is 0 Å². The van der Waals surface area contributed by atoms with E-state index in [-0.39, 0.29) is 11.6 Å². The predicted octanol–water partition coefficient (Wildman–Crippen LogP) is 2.27. The van der Waals surface area contributed by atoms with Crippen molar-refractivity contribution in [2.24, 2.45) is 0 Å². The Morgan fingerprint density at radius 1 is 1.27 bits per heavy atom. The van der Waals surface area contributed by atoms with Crippen LogP contribution in [0.15, 0.2) is 32.6 Å². The van der Waals surface area contributed by atoms with E-state index < -0.39 is 0 Å². The minimum Gasteiger partial charge on any atom is -0.423 e. The SMILES string of the molecule is Nc1nc(SCc2cc(=O)oc3cc4c(cc23)CCC4)n[nH]1. The number of nitrogens with one attached hydrogen (secondary N) is 1. The maximum absolute atomic E-state index is 11.8. The van der Waals surface area contributed by atoms with E-state index >= 15 is 0 Å². The molecule has 1 aromatic carbocycles. The molecule has 7 heteroatoms. The quantitative estimate of drug-likeness (QED) is 0.568. The number of aromatic amines is 1. The molecule has 2 heterocycles. The molecule has 6 nitrogen and oxygen atoms in total. The number of benzene rings is 1. The zero-order chi connectivity index (χ0) is 15.1. The van der Waals surface area contributed by atoms with Crippen molar-refractivity contribution >= 4 is 28.7 Å². The molecule has 0 radical (unpaired) electrons. The van der Waals surface area contributed by atoms with Gasteiger partial charge in [0, 0.05) is 17.2 Å². The van der Waals surface area contributed by atoms with Crippen LogP contribution in [0.25, 0.3) is 11.0 Å². The first-order valence-corrected chi connectivity index (χ1v) is 8.07. The molecule has 1 aliphatic rings. The van der Waals surface area contributed by atoms with E-state index in [9.17, 15) is 4.79 Å². The zero-order valence-corrected chi connectivity index (χ0v) is 12.6. The number of aryl methyl sites for hydroxylation is 2. The van der Waals surface area contributed by atoms with Gasteiger partial charge in [-0.15, -0.1) is 5.10 Å². The molecule has 0 amide bonds. The van der Waals surface area contributed by atoms with Crippen LogP contribution in [-0.4, -0.2) is 15.2 Å². The van der Waals surface area contributed by atoms with E-state index in [4.69, 9.17) is 10.2 Å². The molecule has 2 aromatic heterocycles. The molecular weight excluding hydrogens is 300 g/mol. The number of nitrogens with zero attached hydrogens (tertiary/aromatic N) is 2. The minimum atomic E-state index is -0.324. The molecular formula is C15H14N4O2S. The van der Waals surface area contributed by atoms with E-state index in [0.717, 1.165) is 30.2 Å². The Balaban J connectivity index is 1.74. The lowest BCUT2D eigenvalue weighted by atomic mass is 10.0. The van der Waals surface area contributed by atoms with Crippen molar-refractivity contribution in [1.29, 1.82) is 0 Å². The number of thioether (sulfide) groups is 1. The highest BCUT2D eigenvalue weighted by molar-refractivity contribution is 7.98. The fraction of sp³-hybridized carbons (Fsp3) is 0.267. The van der Waals surface area contributed by atoms with Gasteiger partial charge in [-0.05, 0) is 48.1 Å². The third-order valence-corrected chi connectivity index (χ3v) is 4.78. The number of nitrogens with two attached hydrogens (primary N) is 1. The van der Waals surface area contributed by atoms with Crippen molar-refractivity contribution in [2.75, 3.05) is 5.73 Å². The third-order valence-electron chi connectivity index (χ3n) is 3.88. The fourth-order valence-corrected chi connectivity index (χ4v) is 3.68. The zero-order valence-electron chi connectivity index (χ0n) is 11.8. The topological polar surface area (TPSA) is 97.8 Å². The Kier molecular flexibility index (Phi) is 3.15. The van der Waals surface area contributed by atoms with Gasteiger partial charge in [0.2, 0.25) is 11.1 Å². The van der Waals surface area contributed by atoms with Crippen molar-refractivity contribution in [3.05, 3.63) is 45.3 Å². The Labute approximate surface area is 130 Å². The van der Waals surface area contributed by atoms with Crippen LogP contribution >= 0.6 is 11.8 Å². The molecule has 0 spiro atoms. The van der Waals surface area contributed by atoms with Gasteiger partial charge >= 0.3 is 5.63 Å². The standard InChI is InChI=1S/C15H14N4O2S/c16-14-17-15(19-18-14)22-7-10-6-13(20)21-12-5-9-3-1-2-8(9)4-11(10)12/h4-6H,1-3,7H2,(H3,16,17,18,19). The number of hydrogen-bond donors (Lipinski definition) is 2. The number of fused-ring (bicyclic) bond motifs is 2. The summed E-state index contributed by atoms with van der Waals surface area (Å²) < 4.78 is 5.36. The van der Waals surface area contributed by atoms with Crippen molar-refractivity contribution in [3.63, 3.8) is 0 Å². The smallest absolute Gasteiger partial charge is 0.336 e. The van der Waals surface area contributed by atoms with Crippen molar-refractivity contribution in [3.8, 4) is 0 Å². The summed E-state index contributed by atoms with van der Waals surface area (Å²) >= 11 is 1.44. The highest BCUT2D eigenvalue weighted by atomic mass is 32.2. The predicted molar refractivity (Wildman–Crippen MR) is 84.9 cm³/mol. The first-order chi connectivity index (χ1) is 10.7. The summed E-state index contributed by atoms with van der Waals surface area (Å²) in [5, 5.41) is 8.16. The van der Waals surface area contributed by atoms with Crippen LogP contribution in [0.1, 0.15) is 23.1 Å². The van der Waals surface area contributed by atoms with Crippen molar-refractivity contribution in [2.45, 2.75) is 30.2 Å². The van der Waals surface area contributed by atoms with E-state index in [0.29, 0.717) is 16.5 Å². The summed E-state index contributed by atoms with van der Waals surface area (Å²) in [7, 11) is 0. The van der Waals surface area contributed by atoms with E-state index in [1.807, 2.05) is 6.07 Å². The summed E-state index contributed by atoms with van der Waals surface area (Å²) in [6, 6.07) is 5.72. The molecule has 0 atom stereocenters. The number of H-pyrrole nitrogens is 1. The molecule has 0 saturated heterocycles. The molecule has 22 heavy (non-hydrogen) atoms. The lowest BCUT2D eigenvalue weighted by Gasteiger charge is -2.07. The molecule has 0 aliphatic heterocycles. The number of rotatable bonds is 3. The minimum absolute atomic E-state index is 0.290. The lowest BCUT2D eigenvalue weighted by Crippen LogP contribution is -2.01. The van der Waals surface area contributed by atoms with Gasteiger partial charge in [0.25, 0.3) is 0 Å². The highest BCUT2D eigenvalue weighted by Crippen LogP contribution is 2.30. The lowest BCUT2D eigenvalue weighted by molar-refractivity contribution is 0.559. The maximum atomic E-state index is 11.8. The molecule has 0 unspecified atom stereocenters. The summed E-state index contributed by atoms with van der Waals surface area (Å²) in [5.41, 5.74) is 9.45. The van der Waals surface area contributed by atoms with E-state index in [1.54, 1.807) is 6.07 Å². The van der Waals surface area contributed by atoms with Gasteiger partial charge in [-0.1, -0.05) is 11.8 Å². The largest absolute Gasteiger partial charge is 0.423 e. The maximum Gasteiger partial charge on any atom is 0.336 e. The molecule has 3 N–H and O–H groups in total. The first-order valence-electron chi connectivity index (χ1n) is 7.08. The average molecular weight is 314 g/mol. The second-order valence-corrected chi connectivity index (χ2v) is 6.30. The molecule has 0 bridgehead atoms. The highest BCUT2D eigenvalue weighted by Gasteiger charge is 2.15. The third kappa shape index (κ3) is 2.37. The van der Waals surface area contributed by atoms with Gasteiger partial charge in [-0.2, -0.15) is 4.98 Å². The molecule has 3 aromatic rings. The molecule has 112 valence electrons. The average Bonchev–Trinajstić information content (AvgIpc) is 3.10. The Morgan fingerprint density at radius 2 is 2.09 bits per heavy atom. The van der Waals surface area contributed by atoms with Crippen LogP contribution in [-0.2, 0) is 18.6 Å². The van der Waals surface area contributed by atoms with Crippen molar-refractivity contribution in [1.82, 2.24) is 15.2 Å². The normalized spacial score (nSPS) is 13.6. The van der Waals surface area contributed by atoms with Crippen LogP contribution in [0.4, 0.5) is 5.95 Å². The molecule has 4 rings (SSSR count). The number of nitrogen functional groups attached to an aromatic ring is 1. The Morgan fingerprint density at radius 3 is 2.86 bits per heavy atom. The van der Waals surface area contributed by atoms with Gasteiger partial charge in [-0.25, -0.2) is 9.89 Å². The first kappa shape index (κ1) is 13.4. The Bertz CT molecular complexity index is 916. The molecule has 0 fully saturated rings. The van der Waals surface area contributed by atoms with E-state index in [2.05, 4.69) is 21.2 Å². The van der Waals surface area contributed by atoms with Gasteiger partial charge in [0.15, 0.2) is 0 Å². The summed E-state index contributed by atoms with van der Waals surface area (Å²) in [4.78, 5) is 15.8. The monoisotopic (exact) mass is 314 g/mol. The molecule has 1 aliphatic carbocycles. The number of anilines is 1. The van der Waals surface area contributed by atoms with Crippen molar-refractivity contribution < 1.29 is 4.42 Å². The summed E-state index contributed by atoms with van der Waals surface area (Å²) in [6.07, 6.45) is 3.31. The fourth-order valence-electron chi connectivity index (χ4n) is 2.88. The van der Waals surface area contributed by atoms with Crippen LogP contribution < -0.4 is 11.4 Å². The number of aromatic nitrogens is 3. The van der Waals surface area contributed by atoms with Gasteiger partial charge in [0.1, 0.15) is 5.58 Å². The van der Waals surface area contributed by atoms with Gasteiger partial charge < -0.3 is 10.2 Å². The van der Waals surface area contributed by atoms with Crippen LogP contribution in [0.3, 0.4) is 0 Å². The second kappa shape index (κ2) is 5.17. The Hall–Kier alpha value is -2.28. The molecule has 0 saturated carbocycles. The summed E-state index contributed by atoms with van der Waals surface area (Å²) in [6.45, 7) is 0. The van der Waals surface area contributed by atoms with Gasteiger partial charge in [0.05, 0.1) is 0 Å².